The molecule has 1 atom stereocenters. The van der Waals surface area contributed by atoms with Gasteiger partial charge in [-0.3, -0.25) is 14.6 Å². The van der Waals surface area contributed by atoms with Crippen LogP contribution in [-0.2, 0) is 6.54 Å². The molecule has 2 amide bonds. The van der Waals surface area contributed by atoms with Gasteiger partial charge in [-0.05, 0) is 50.7 Å². The minimum absolute atomic E-state index is 0.0279. The molecule has 2 aromatic rings. The molecule has 0 unspecified atom stereocenters. The molecule has 28 heavy (non-hydrogen) atoms. The fraction of sp³-hybridized carbons (Fsp3) is 0.524. The molecule has 2 aromatic heterocycles. The first-order chi connectivity index (χ1) is 13.7. The van der Waals surface area contributed by atoms with Crippen LogP contribution in [0.25, 0.3) is 0 Å². The summed E-state index contributed by atoms with van der Waals surface area (Å²) in [5.41, 5.74) is 2.18. The topological polar surface area (TPSA) is 80.1 Å². The lowest BCUT2D eigenvalue weighted by atomic mass is 9.93. The summed E-state index contributed by atoms with van der Waals surface area (Å²) in [4.78, 5) is 35.6. The van der Waals surface area contributed by atoms with Crippen LogP contribution in [0, 0.1) is 5.92 Å². The smallest absolute Gasteiger partial charge is 0.272 e. The SMILES string of the molecule is CCn1cncc1C(=O)N1CCC[C@@H](c2ccc(C(=O)NCC3CC3)cn2)C1. The number of nitrogens with zero attached hydrogens (tertiary/aromatic N) is 4. The standard InChI is InChI=1S/C21H27N5O2/c1-2-25-14-22-12-19(25)21(28)26-9-3-4-17(13-26)18-8-7-16(11-23-18)20(27)24-10-15-5-6-15/h7-8,11-12,14-15,17H,2-6,9-10,13H2,1H3,(H,24,27)/t17-/m1/s1. The van der Waals surface area contributed by atoms with Crippen LogP contribution in [0.2, 0.25) is 0 Å². The monoisotopic (exact) mass is 381 g/mol. The quantitative estimate of drug-likeness (QED) is 0.834. The van der Waals surface area contributed by atoms with Crippen molar-refractivity contribution in [1.29, 1.82) is 0 Å². The number of hydrogen-bond donors (Lipinski definition) is 1. The highest BCUT2D eigenvalue weighted by molar-refractivity contribution is 5.94. The normalized spacial score (nSPS) is 19.5. The highest BCUT2D eigenvalue weighted by atomic mass is 16.2. The molecule has 0 bridgehead atoms. The number of hydrogen-bond acceptors (Lipinski definition) is 4. The van der Waals surface area contributed by atoms with Crippen molar-refractivity contribution >= 4 is 11.8 Å². The number of rotatable bonds is 6. The van der Waals surface area contributed by atoms with E-state index in [1.54, 1.807) is 18.7 Å². The fourth-order valence-corrected chi connectivity index (χ4v) is 3.76. The number of piperidine rings is 1. The predicted molar refractivity (Wildman–Crippen MR) is 105 cm³/mol. The van der Waals surface area contributed by atoms with Crippen molar-refractivity contribution in [2.45, 2.75) is 45.1 Å². The number of imidazole rings is 1. The summed E-state index contributed by atoms with van der Waals surface area (Å²) in [7, 11) is 0. The van der Waals surface area contributed by atoms with Gasteiger partial charge in [-0.2, -0.15) is 0 Å². The maximum absolute atomic E-state index is 12.9. The third-order valence-corrected chi connectivity index (χ3v) is 5.70. The van der Waals surface area contributed by atoms with Gasteiger partial charge < -0.3 is 14.8 Å². The number of amides is 2. The lowest BCUT2D eigenvalue weighted by molar-refractivity contribution is 0.0695. The summed E-state index contributed by atoms with van der Waals surface area (Å²) >= 11 is 0. The molecule has 7 nitrogen and oxygen atoms in total. The van der Waals surface area contributed by atoms with Crippen LogP contribution in [0.15, 0.2) is 30.9 Å². The lowest BCUT2D eigenvalue weighted by Gasteiger charge is -2.32. The largest absolute Gasteiger partial charge is 0.352 e. The Morgan fingerprint density at radius 2 is 2.07 bits per heavy atom. The maximum atomic E-state index is 12.9. The number of pyridine rings is 1. The first kappa shape index (κ1) is 18.7. The van der Waals surface area contributed by atoms with Gasteiger partial charge in [0, 0.05) is 44.0 Å². The van der Waals surface area contributed by atoms with Crippen LogP contribution >= 0.6 is 0 Å². The van der Waals surface area contributed by atoms with Crippen LogP contribution < -0.4 is 5.32 Å². The lowest BCUT2D eigenvalue weighted by Crippen LogP contribution is -2.40. The molecule has 2 aliphatic rings. The van der Waals surface area contributed by atoms with Crippen LogP contribution in [0.3, 0.4) is 0 Å². The molecular weight excluding hydrogens is 354 g/mol. The second-order valence-electron chi connectivity index (χ2n) is 7.78. The van der Waals surface area contributed by atoms with E-state index < -0.39 is 0 Å². The number of aromatic nitrogens is 3. The van der Waals surface area contributed by atoms with Crippen molar-refractivity contribution < 1.29 is 9.59 Å². The van der Waals surface area contributed by atoms with Crippen molar-refractivity contribution in [1.82, 2.24) is 24.8 Å². The third kappa shape index (κ3) is 4.08. The molecule has 0 aromatic carbocycles. The van der Waals surface area contributed by atoms with E-state index in [9.17, 15) is 9.59 Å². The number of carbonyl (C=O) groups excluding carboxylic acids is 2. The highest BCUT2D eigenvalue weighted by Gasteiger charge is 2.28. The summed E-state index contributed by atoms with van der Waals surface area (Å²) < 4.78 is 1.87. The number of nitrogens with one attached hydrogen (secondary N) is 1. The van der Waals surface area contributed by atoms with Crippen LogP contribution in [0.4, 0.5) is 0 Å². The molecule has 3 heterocycles. The van der Waals surface area contributed by atoms with Gasteiger partial charge in [0.1, 0.15) is 5.69 Å². The molecule has 0 spiro atoms. The molecule has 1 saturated heterocycles. The van der Waals surface area contributed by atoms with Gasteiger partial charge in [-0.15, -0.1) is 0 Å². The third-order valence-electron chi connectivity index (χ3n) is 5.70. The van der Waals surface area contributed by atoms with E-state index >= 15 is 0 Å². The minimum atomic E-state index is -0.0563. The average molecular weight is 381 g/mol. The van der Waals surface area contributed by atoms with E-state index in [1.165, 1.54) is 12.8 Å². The summed E-state index contributed by atoms with van der Waals surface area (Å²) in [6.07, 6.45) is 9.37. The minimum Gasteiger partial charge on any atom is -0.352 e. The Balaban J connectivity index is 1.39. The molecule has 1 aliphatic carbocycles. The Labute approximate surface area is 165 Å². The van der Waals surface area contributed by atoms with Gasteiger partial charge in [0.2, 0.25) is 0 Å². The molecule has 2 fully saturated rings. The van der Waals surface area contributed by atoms with Crippen molar-refractivity contribution in [3.63, 3.8) is 0 Å². The zero-order chi connectivity index (χ0) is 19.5. The van der Waals surface area contributed by atoms with Gasteiger partial charge in [0.15, 0.2) is 0 Å². The zero-order valence-electron chi connectivity index (χ0n) is 16.3. The number of likely N-dealkylation sites (tertiary alicyclic amines) is 1. The molecule has 0 radical (unpaired) electrons. The van der Waals surface area contributed by atoms with Crippen molar-refractivity contribution in [3.8, 4) is 0 Å². The van der Waals surface area contributed by atoms with E-state index in [0.717, 1.165) is 38.2 Å². The fourth-order valence-electron chi connectivity index (χ4n) is 3.76. The Bertz CT molecular complexity index is 841. The van der Waals surface area contributed by atoms with Crippen molar-refractivity contribution in [3.05, 3.63) is 47.8 Å². The second kappa shape index (κ2) is 8.12. The van der Waals surface area contributed by atoms with Crippen molar-refractivity contribution in [2.75, 3.05) is 19.6 Å². The van der Waals surface area contributed by atoms with E-state index in [-0.39, 0.29) is 17.7 Å². The van der Waals surface area contributed by atoms with Crippen LogP contribution in [0.1, 0.15) is 65.1 Å². The molecule has 1 N–H and O–H groups in total. The first-order valence-electron chi connectivity index (χ1n) is 10.2. The molecule has 4 rings (SSSR count). The molecular formula is C21H27N5O2. The number of carbonyl (C=O) groups is 2. The van der Waals surface area contributed by atoms with E-state index in [2.05, 4.69) is 15.3 Å². The Morgan fingerprint density at radius 1 is 1.21 bits per heavy atom. The molecule has 7 heteroatoms. The van der Waals surface area contributed by atoms with E-state index in [4.69, 9.17) is 0 Å². The van der Waals surface area contributed by atoms with E-state index in [1.807, 2.05) is 28.5 Å². The van der Waals surface area contributed by atoms with Crippen LogP contribution in [-0.4, -0.2) is 50.9 Å². The molecule has 1 saturated carbocycles. The van der Waals surface area contributed by atoms with Gasteiger partial charge in [-0.1, -0.05) is 0 Å². The summed E-state index contributed by atoms with van der Waals surface area (Å²) in [6.45, 7) is 4.89. The average Bonchev–Trinajstić information content (AvgIpc) is 3.46. The first-order valence-corrected chi connectivity index (χ1v) is 10.2. The van der Waals surface area contributed by atoms with Gasteiger partial charge in [0.05, 0.1) is 18.1 Å². The summed E-state index contributed by atoms with van der Waals surface area (Å²) in [5.74, 6) is 0.824. The number of aryl methyl sites for hydroxylation is 1. The predicted octanol–water partition coefficient (Wildman–Crippen LogP) is 2.46. The van der Waals surface area contributed by atoms with Gasteiger partial charge >= 0.3 is 0 Å². The Morgan fingerprint density at radius 3 is 2.79 bits per heavy atom. The maximum Gasteiger partial charge on any atom is 0.272 e. The van der Waals surface area contributed by atoms with Gasteiger partial charge in [0.25, 0.3) is 11.8 Å². The zero-order valence-corrected chi connectivity index (χ0v) is 16.3. The second-order valence-corrected chi connectivity index (χ2v) is 7.78. The Kier molecular flexibility index (Phi) is 5.41. The summed E-state index contributed by atoms with van der Waals surface area (Å²) in [5, 5.41) is 2.97. The molecule has 1 aliphatic heterocycles. The highest BCUT2D eigenvalue weighted by Crippen LogP contribution is 2.28. The Hall–Kier alpha value is -2.70. The van der Waals surface area contributed by atoms with E-state index in [0.29, 0.717) is 23.7 Å². The van der Waals surface area contributed by atoms with Crippen molar-refractivity contribution in [2.24, 2.45) is 5.92 Å². The molecule has 148 valence electrons. The van der Waals surface area contributed by atoms with Crippen LogP contribution in [0.5, 0.6) is 0 Å². The summed E-state index contributed by atoms with van der Waals surface area (Å²) in [6, 6.07) is 3.78. The van der Waals surface area contributed by atoms with Gasteiger partial charge in [-0.25, -0.2) is 4.98 Å².